The molecule has 0 radical (unpaired) electrons. The SMILES string of the molecule is CCOc1c(NC(=O)Nc2ccc(F)c(F)c2)cc(-c2c(Cl)cnn2C(C)C)c(OCC)c1OCC. The predicted octanol–water partition coefficient (Wildman–Crippen LogP) is 6.90. The Hall–Kier alpha value is -3.53. The summed E-state index contributed by atoms with van der Waals surface area (Å²) in [5.74, 6) is -1.18. The van der Waals surface area contributed by atoms with E-state index in [1.54, 1.807) is 17.7 Å². The highest BCUT2D eigenvalue weighted by molar-refractivity contribution is 6.33. The van der Waals surface area contributed by atoms with E-state index in [2.05, 4.69) is 15.7 Å². The van der Waals surface area contributed by atoms with Gasteiger partial charge in [0.1, 0.15) is 0 Å². The first-order chi connectivity index (χ1) is 17.2. The first-order valence-corrected chi connectivity index (χ1v) is 11.9. The molecule has 194 valence electrons. The molecule has 0 aliphatic carbocycles. The fourth-order valence-electron chi connectivity index (χ4n) is 3.59. The van der Waals surface area contributed by atoms with E-state index >= 15 is 0 Å². The Kier molecular flexibility index (Phi) is 8.98. The van der Waals surface area contributed by atoms with Crippen molar-refractivity contribution in [1.82, 2.24) is 9.78 Å². The number of rotatable bonds is 10. The Labute approximate surface area is 213 Å². The highest BCUT2D eigenvalue weighted by Gasteiger charge is 2.27. The number of nitrogens with one attached hydrogen (secondary N) is 2. The molecule has 1 aromatic heterocycles. The Balaban J connectivity index is 2.17. The topological polar surface area (TPSA) is 86.6 Å². The average Bonchev–Trinajstić information content (AvgIpc) is 3.21. The van der Waals surface area contributed by atoms with Crippen LogP contribution in [0.5, 0.6) is 17.2 Å². The van der Waals surface area contributed by atoms with Gasteiger partial charge in [0.05, 0.1) is 42.4 Å². The lowest BCUT2D eigenvalue weighted by Gasteiger charge is -2.23. The van der Waals surface area contributed by atoms with E-state index in [4.69, 9.17) is 25.8 Å². The Morgan fingerprint density at radius 2 is 1.61 bits per heavy atom. The van der Waals surface area contributed by atoms with Gasteiger partial charge in [0.2, 0.25) is 5.75 Å². The van der Waals surface area contributed by atoms with Gasteiger partial charge < -0.3 is 24.8 Å². The number of carbonyl (C=O) groups excluding carboxylic acids is 1. The predicted molar refractivity (Wildman–Crippen MR) is 136 cm³/mol. The van der Waals surface area contributed by atoms with Crippen molar-refractivity contribution in [3.8, 4) is 28.5 Å². The van der Waals surface area contributed by atoms with Crippen molar-refractivity contribution in [3.05, 3.63) is 47.1 Å². The molecule has 3 rings (SSSR count). The van der Waals surface area contributed by atoms with E-state index < -0.39 is 17.7 Å². The summed E-state index contributed by atoms with van der Waals surface area (Å²) < 4.78 is 46.4. The molecule has 0 bridgehead atoms. The molecule has 0 spiro atoms. The molecule has 0 unspecified atom stereocenters. The molecule has 0 saturated carbocycles. The summed E-state index contributed by atoms with van der Waals surface area (Å²) in [4.78, 5) is 12.8. The summed E-state index contributed by atoms with van der Waals surface area (Å²) in [6.45, 7) is 10.2. The van der Waals surface area contributed by atoms with Crippen LogP contribution in [-0.2, 0) is 0 Å². The van der Waals surface area contributed by atoms with Gasteiger partial charge in [-0.05, 0) is 52.8 Å². The van der Waals surface area contributed by atoms with E-state index in [9.17, 15) is 13.6 Å². The smallest absolute Gasteiger partial charge is 0.323 e. The number of aromatic nitrogens is 2. The minimum absolute atomic E-state index is 0.0304. The van der Waals surface area contributed by atoms with Gasteiger partial charge in [-0.25, -0.2) is 13.6 Å². The minimum atomic E-state index is -1.08. The number of urea groups is 1. The molecule has 2 amide bonds. The van der Waals surface area contributed by atoms with Gasteiger partial charge in [-0.2, -0.15) is 5.10 Å². The van der Waals surface area contributed by atoms with Gasteiger partial charge in [-0.1, -0.05) is 11.6 Å². The highest BCUT2D eigenvalue weighted by Crippen LogP contribution is 2.51. The van der Waals surface area contributed by atoms with E-state index in [1.807, 2.05) is 27.7 Å². The molecule has 0 atom stereocenters. The lowest BCUT2D eigenvalue weighted by Crippen LogP contribution is -2.20. The third kappa shape index (κ3) is 5.81. The molecule has 8 nitrogen and oxygen atoms in total. The molecular weight excluding hydrogens is 494 g/mol. The number of hydrogen-bond donors (Lipinski definition) is 2. The molecule has 0 fully saturated rings. The molecule has 0 saturated heterocycles. The molecular formula is C25H29ClF2N4O4. The van der Waals surface area contributed by atoms with Crippen molar-refractivity contribution in [2.75, 3.05) is 30.5 Å². The van der Waals surface area contributed by atoms with Crippen molar-refractivity contribution in [2.24, 2.45) is 0 Å². The van der Waals surface area contributed by atoms with Crippen molar-refractivity contribution in [1.29, 1.82) is 0 Å². The highest BCUT2D eigenvalue weighted by atomic mass is 35.5. The number of hydrogen-bond acceptors (Lipinski definition) is 5. The monoisotopic (exact) mass is 522 g/mol. The molecule has 3 aromatic rings. The van der Waals surface area contributed by atoms with Crippen LogP contribution < -0.4 is 24.8 Å². The van der Waals surface area contributed by atoms with Gasteiger partial charge in [0.25, 0.3) is 0 Å². The van der Waals surface area contributed by atoms with E-state index in [0.29, 0.717) is 35.2 Å². The summed E-state index contributed by atoms with van der Waals surface area (Å²) in [6, 6.07) is 3.98. The number of carbonyl (C=O) groups is 1. The number of benzene rings is 2. The first-order valence-electron chi connectivity index (χ1n) is 11.6. The maximum atomic E-state index is 13.6. The van der Waals surface area contributed by atoms with Crippen LogP contribution in [0.1, 0.15) is 40.7 Å². The van der Waals surface area contributed by atoms with Crippen LogP contribution in [0.4, 0.5) is 25.0 Å². The summed E-state index contributed by atoms with van der Waals surface area (Å²) in [5.41, 5.74) is 1.43. The van der Waals surface area contributed by atoms with Crippen molar-refractivity contribution >= 4 is 29.0 Å². The molecule has 1 heterocycles. The standard InChI is InChI=1S/C25H29ClF2N4O4/c1-6-34-22-16(21-17(26)13-29-32(21)14(4)5)12-20(23(35-7-2)24(22)36-8-3)31-25(33)30-15-9-10-18(27)19(28)11-15/h9-14H,6-8H2,1-5H3,(H2,30,31,33). The summed E-state index contributed by atoms with van der Waals surface area (Å²) in [5, 5.41) is 9.97. The summed E-state index contributed by atoms with van der Waals surface area (Å²) in [7, 11) is 0. The zero-order chi connectivity index (χ0) is 26.4. The minimum Gasteiger partial charge on any atom is -0.489 e. The van der Waals surface area contributed by atoms with Crippen molar-refractivity contribution in [3.63, 3.8) is 0 Å². The van der Waals surface area contributed by atoms with Crippen molar-refractivity contribution in [2.45, 2.75) is 40.7 Å². The summed E-state index contributed by atoms with van der Waals surface area (Å²) in [6.07, 6.45) is 1.53. The molecule has 0 aliphatic rings. The number of nitrogens with zero attached hydrogens (tertiary/aromatic N) is 2. The van der Waals surface area contributed by atoms with E-state index in [0.717, 1.165) is 12.1 Å². The summed E-state index contributed by atoms with van der Waals surface area (Å²) >= 11 is 6.54. The first kappa shape index (κ1) is 27.1. The second kappa shape index (κ2) is 11.9. The van der Waals surface area contributed by atoms with Crippen LogP contribution >= 0.6 is 11.6 Å². The largest absolute Gasteiger partial charge is 0.489 e. The Bertz CT molecular complexity index is 1230. The molecule has 11 heteroatoms. The van der Waals surface area contributed by atoms with Crippen LogP contribution in [0, 0.1) is 11.6 Å². The van der Waals surface area contributed by atoms with Gasteiger partial charge in [0, 0.05) is 23.4 Å². The average molecular weight is 523 g/mol. The molecule has 0 aliphatic heterocycles. The fourth-order valence-corrected chi connectivity index (χ4v) is 3.82. The van der Waals surface area contributed by atoms with E-state index in [1.165, 1.54) is 12.3 Å². The second-order valence-corrected chi connectivity index (χ2v) is 8.25. The molecule has 2 N–H and O–H groups in total. The van der Waals surface area contributed by atoms with Crippen LogP contribution in [0.25, 0.3) is 11.3 Å². The zero-order valence-electron chi connectivity index (χ0n) is 20.7. The van der Waals surface area contributed by atoms with Gasteiger partial charge in [0.15, 0.2) is 23.1 Å². The van der Waals surface area contributed by atoms with Crippen LogP contribution in [0.3, 0.4) is 0 Å². The third-order valence-corrected chi connectivity index (χ3v) is 5.25. The molecule has 36 heavy (non-hydrogen) atoms. The number of anilines is 2. The maximum Gasteiger partial charge on any atom is 0.323 e. The third-order valence-electron chi connectivity index (χ3n) is 4.98. The fraction of sp³-hybridized carbons (Fsp3) is 0.360. The van der Waals surface area contributed by atoms with Gasteiger partial charge in [-0.3, -0.25) is 4.68 Å². The molecule has 2 aromatic carbocycles. The van der Waals surface area contributed by atoms with Crippen molar-refractivity contribution < 1.29 is 27.8 Å². The maximum absolute atomic E-state index is 13.6. The second-order valence-electron chi connectivity index (χ2n) is 7.85. The number of ether oxygens (including phenoxy) is 3. The van der Waals surface area contributed by atoms with Gasteiger partial charge >= 0.3 is 6.03 Å². The number of halogens is 3. The normalized spacial score (nSPS) is 10.9. The quantitative estimate of drug-likeness (QED) is 0.302. The van der Waals surface area contributed by atoms with E-state index in [-0.39, 0.29) is 35.5 Å². The number of amides is 2. The lowest BCUT2D eigenvalue weighted by atomic mass is 10.1. The van der Waals surface area contributed by atoms with Gasteiger partial charge in [-0.15, -0.1) is 0 Å². The lowest BCUT2D eigenvalue weighted by molar-refractivity contribution is 0.259. The Morgan fingerprint density at radius 1 is 0.972 bits per heavy atom. The zero-order valence-corrected chi connectivity index (χ0v) is 21.5. The van der Waals surface area contributed by atoms with Crippen LogP contribution in [0.2, 0.25) is 5.02 Å². The van der Waals surface area contributed by atoms with Crippen LogP contribution in [-0.4, -0.2) is 35.6 Å². The Morgan fingerprint density at radius 3 is 2.22 bits per heavy atom. The van der Waals surface area contributed by atoms with Crippen LogP contribution in [0.15, 0.2) is 30.5 Å².